The molecule has 0 aliphatic carbocycles. The average Bonchev–Trinajstić information content (AvgIpc) is 3.81. The number of ether oxygens (including phenoxy) is 1. The summed E-state index contributed by atoms with van der Waals surface area (Å²) in [5, 5.41) is 6.33. The summed E-state index contributed by atoms with van der Waals surface area (Å²) >= 11 is 0. The van der Waals surface area contributed by atoms with Gasteiger partial charge in [0.2, 0.25) is 17.7 Å². The SMILES string of the molecule is COc1cccc(CN2CC[C@H]3CC(=O)N4CCC(CC4)N4CCC[C@H]4C(=O)N[C@H]4C[C@@H](C(=O)NCC[C@H]3C2)N(C(=O)c2ccc(F)cc2)C4)c1. The molecule has 6 heterocycles. The molecular weight excluding hydrogens is 651 g/mol. The van der Waals surface area contributed by atoms with Crippen LogP contribution >= 0.6 is 0 Å². The van der Waals surface area contributed by atoms with Crippen LogP contribution in [0, 0.1) is 17.7 Å². The summed E-state index contributed by atoms with van der Waals surface area (Å²) in [5.74, 6) is 0.308. The van der Waals surface area contributed by atoms with Crippen molar-refractivity contribution in [3.8, 4) is 5.75 Å². The van der Waals surface area contributed by atoms with Crippen LogP contribution in [0.1, 0.15) is 67.3 Å². The fraction of sp³-hybridized carbons (Fsp3) is 0.590. The number of carbonyl (C=O) groups is 4. The van der Waals surface area contributed by atoms with Gasteiger partial charge < -0.3 is 25.2 Å². The van der Waals surface area contributed by atoms with Crippen LogP contribution in [-0.2, 0) is 20.9 Å². The molecular formula is C39H51FN6O5. The minimum atomic E-state index is -0.772. The van der Waals surface area contributed by atoms with E-state index >= 15 is 0 Å². The van der Waals surface area contributed by atoms with E-state index in [-0.39, 0.29) is 60.1 Å². The van der Waals surface area contributed by atoms with Gasteiger partial charge in [-0.3, -0.25) is 29.0 Å². The number of piperidine rings is 2. The maximum absolute atomic E-state index is 13.9. The predicted octanol–water partition coefficient (Wildman–Crippen LogP) is 3.04. The molecule has 2 aromatic rings. The van der Waals surface area contributed by atoms with E-state index in [1.54, 1.807) is 7.11 Å². The molecule has 6 fully saturated rings. The lowest BCUT2D eigenvalue weighted by molar-refractivity contribution is -0.136. The monoisotopic (exact) mass is 702 g/mol. The number of carbonyl (C=O) groups excluding carboxylic acids is 4. The number of rotatable bonds is 4. The van der Waals surface area contributed by atoms with Crippen LogP contribution < -0.4 is 15.4 Å². The number of halogens is 1. The van der Waals surface area contributed by atoms with Crippen molar-refractivity contribution in [2.24, 2.45) is 11.8 Å². The Hall–Kier alpha value is -4.03. The van der Waals surface area contributed by atoms with E-state index in [9.17, 15) is 23.6 Å². The second-order valence-corrected chi connectivity index (χ2v) is 15.1. The van der Waals surface area contributed by atoms with E-state index in [4.69, 9.17) is 4.74 Å². The molecule has 0 spiro atoms. The van der Waals surface area contributed by atoms with Crippen molar-refractivity contribution in [2.45, 2.75) is 82.1 Å². The van der Waals surface area contributed by atoms with Crippen LogP contribution in [0.3, 0.4) is 0 Å². The molecule has 6 aliphatic heterocycles. The van der Waals surface area contributed by atoms with Crippen LogP contribution in [0.4, 0.5) is 4.39 Å². The number of methoxy groups -OCH3 is 1. The smallest absolute Gasteiger partial charge is 0.254 e. The van der Waals surface area contributed by atoms with Crippen molar-refractivity contribution in [3.63, 3.8) is 0 Å². The standard InChI is InChI=1S/C39H51FN6O5/c1-51-33-5-2-4-26(20-33)23-43-17-12-28-21-36(47)44-18-13-32(14-19-44)45-16-3-6-34(45)38(49)42-31-22-35(37(48)41-15-11-29(28)24-43)46(25-31)39(50)27-7-9-30(40)10-8-27/h2,4-5,7-10,20,28-29,31-32,34-35H,3,6,11-19,21-25H2,1H3,(H,41,48)(H,42,49)/t28-,29-,31-,34-,35-/m0/s1. The van der Waals surface area contributed by atoms with Crippen LogP contribution in [0.5, 0.6) is 5.75 Å². The summed E-state index contributed by atoms with van der Waals surface area (Å²) in [6, 6.07) is 12.3. The molecule has 5 atom stereocenters. The lowest BCUT2D eigenvalue weighted by atomic mass is 9.80. The number of hydrogen-bond acceptors (Lipinski definition) is 7. The van der Waals surface area contributed by atoms with Gasteiger partial charge in [-0.1, -0.05) is 12.1 Å². The van der Waals surface area contributed by atoms with Gasteiger partial charge in [0.15, 0.2) is 0 Å². The molecule has 51 heavy (non-hydrogen) atoms. The van der Waals surface area contributed by atoms with E-state index in [1.165, 1.54) is 34.7 Å². The molecule has 11 nitrogen and oxygen atoms in total. The largest absolute Gasteiger partial charge is 0.497 e. The Morgan fingerprint density at radius 2 is 1.69 bits per heavy atom. The van der Waals surface area contributed by atoms with Gasteiger partial charge in [-0.2, -0.15) is 0 Å². The average molecular weight is 703 g/mol. The molecule has 0 saturated carbocycles. The minimum Gasteiger partial charge on any atom is -0.497 e. The first kappa shape index (κ1) is 35.4. The fourth-order valence-corrected chi connectivity index (χ4v) is 9.20. The van der Waals surface area contributed by atoms with E-state index in [0.717, 1.165) is 64.0 Å². The third kappa shape index (κ3) is 8.07. The Labute approximate surface area is 299 Å². The maximum atomic E-state index is 13.9. The van der Waals surface area contributed by atoms with Gasteiger partial charge in [0, 0.05) is 63.3 Å². The van der Waals surface area contributed by atoms with Gasteiger partial charge in [0.1, 0.15) is 17.6 Å². The van der Waals surface area contributed by atoms with E-state index in [0.29, 0.717) is 44.5 Å². The number of nitrogens with one attached hydrogen (secondary N) is 2. The molecule has 8 rings (SSSR count). The number of likely N-dealkylation sites (tertiary alicyclic amines) is 2. The van der Waals surface area contributed by atoms with Crippen molar-refractivity contribution in [1.82, 2.24) is 30.2 Å². The van der Waals surface area contributed by atoms with Gasteiger partial charge >= 0.3 is 0 Å². The van der Waals surface area contributed by atoms with Crippen molar-refractivity contribution in [1.29, 1.82) is 0 Å². The van der Waals surface area contributed by atoms with Crippen molar-refractivity contribution >= 4 is 23.6 Å². The highest BCUT2D eigenvalue weighted by Crippen LogP contribution is 2.33. The second kappa shape index (κ2) is 15.7. The van der Waals surface area contributed by atoms with Gasteiger partial charge in [0.05, 0.1) is 13.2 Å². The number of fused-ring (bicyclic) bond motifs is 7. The fourth-order valence-electron chi connectivity index (χ4n) is 9.20. The first-order valence-corrected chi connectivity index (χ1v) is 18.8. The molecule has 0 unspecified atom stereocenters. The van der Waals surface area contributed by atoms with Gasteiger partial charge in [-0.25, -0.2) is 4.39 Å². The van der Waals surface area contributed by atoms with Crippen LogP contribution in [0.15, 0.2) is 48.5 Å². The summed E-state index contributed by atoms with van der Waals surface area (Å²) in [7, 11) is 1.67. The van der Waals surface area contributed by atoms with E-state index in [2.05, 4.69) is 32.6 Å². The first-order valence-electron chi connectivity index (χ1n) is 18.8. The lowest BCUT2D eigenvalue weighted by Gasteiger charge is -2.41. The molecule has 6 aliphatic rings. The molecule has 0 radical (unpaired) electrons. The van der Waals surface area contributed by atoms with Crippen LogP contribution in [0.25, 0.3) is 0 Å². The van der Waals surface area contributed by atoms with Crippen LogP contribution in [0.2, 0.25) is 0 Å². The molecule has 12 heteroatoms. The zero-order chi connectivity index (χ0) is 35.5. The highest BCUT2D eigenvalue weighted by molar-refractivity contribution is 5.98. The molecule has 4 amide bonds. The maximum Gasteiger partial charge on any atom is 0.254 e. The first-order chi connectivity index (χ1) is 24.7. The Morgan fingerprint density at radius 1 is 0.882 bits per heavy atom. The van der Waals surface area contributed by atoms with Gasteiger partial charge in [-0.15, -0.1) is 0 Å². The third-order valence-corrected chi connectivity index (χ3v) is 12.0. The number of benzene rings is 2. The minimum absolute atomic E-state index is 0.0632. The van der Waals surface area contributed by atoms with Crippen molar-refractivity contribution in [2.75, 3.05) is 52.9 Å². The molecule has 0 aromatic heterocycles. The summed E-state index contributed by atoms with van der Waals surface area (Å²) < 4.78 is 19.2. The summed E-state index contributed by atoms with van der Waals surface area (Å²) in [6.45, 7) is 5.35. The van der Waals surface area contributed by atoms with E-state index in [1.807, 2.05) is 17.0 Å². The molecule has 274 valence electrons. The topological polar surface area (TPSA) is 115 Å². The highest BCUT2D eigenvalue weighted by Gasteiger charge is 2.43. The van der Waals surface area contributed by atoms with Crippen molar-refractivity contribution in [3.05, 3.63) is 65.5 Å². The summed E-state index contributed by atoms with van der Waals surface area (Å²) in [4.78, 5) is 63.4. The zero-order valence-electron chi connectivity index (χ0n) is 29.6. The second-order valence-electron chi connectivity index (χ2n) is 15.1. The van der Waals surface area contributed by atoms with Gasteiger partial charge in [0.25, 0.3) is 5.91 Å². The Morgan fingerprint density at radius 3 is 2.47 bits per heavy atom. The summed E-state index contributed by atoms with van der Waals surface area (Å²) in [6.07, 6.45) is 5.80. The predicted molar refractivity (Wildman–Crippen MR) is 189 cm³/mol. The molecule has 2 N–H and O–H groups in total. The Bertz CT molecular complexity index is 1580. The Balaban J connectivity index is 1.11. The lowest BCUT2D eigenvalue weighted by Crippen LogP contribution is -2.53. The molecule has 6 saturated heterocycles. The van der Waals surface area contributed by atoms with Crippen LogP contribution in [-0.4, -0.2) is 120 Å². The Kier molecular flexibility index (Phi) is 10.9. The highest BCUT2D eigenvalue weighted by atomic mass is 19.1. The zero-order valence-corrected chi connectivity index (χ0v) is 29.6. The quantitative estimate of drug-likeness (QED) is 0.504. The van der Waals surface area contributed by atoms with Gasteiger partial charge in [-0.05, 0) is 112 Å². The number of hydrogen-bond donors (Lipinski definition) is 2. The third-order valence-electron chi connectivity index (χ3n) is 12.0. The normalized spacial score (nSPS) is 29.7. The number of amides is 4. The van der Waals surface area contributed by atoms with Crippen molar-refractivity contribution < 1.29 is 28.3 Å². The molecule has 2 aromatic carbocycles. The van der Waals surface area contributed by atoms with E-state index < -0.39 is 11.9 Å². The summed E-state index contributed by atoms with van der Waals surface area (Å²) in [5.41, 5.74) is 1.47. The number of nitrogens with zero attached hydrogens (tertiary/aromatic N) is 4. The molecule has 4 bridgehead atoms.